The summed E-state index contributed by atoms with van der Waals surface area (Å²) >= 11 is 0. The molecule has 156 valence electrons. The van der Waals surface area contributed by atoms with E-state index < -0.39 is 18.6 Å². The summed E-state index contributed by atoms with van der Waals surface area (Å²) in [7, 11) is 0. The Morgan fingerprint density at radius 2 is 1.97 bits per heavy atom. The topological polar surface area (TPSA) is 78.1 Å². The molecule has 0 unspecified atom stereocenters. The van der Waals surface area contributed by atoms with Crippen molar-refractivity contribution in [1.29, 1.82) is 0 Å². The van der Waals surface area contributed by atoms with Crippen LogP contribution in [0.4, 0.5) is 13.2 Å². The predicted molar refractivity (Wildman–Crippen MR) is 100 cm³/mol. The van der Waals surface area contributed by atoms with Crippen molar-refractivity contribution in [2.24, 2.45) is 0 Å². The van der Waals surface area contributed by atoms with Crippen LogP contribution in [-0.2, 0) is 11.2 Å². The van der Waals surface area contributed by atoms with Crippen LogP contribution in [0.5, 0.6) is 0 Å². The van der Waals surface area contributed by atoms with E-state index in [4.69, 9.17) is 0 Å². The second-order valence-electron chi connectivity index (χ2n) is 7.33. The molecule has 2 N–H and O–H groups in total. The van der Waals surface area contributed by atoms with E-state index in [2.05, 4.69) is 10.2 Å². The summed E-state index contributed by atoms with van der Waals surface area (Å²) in [6, 6.07) is 9.35. The third kappa shape index (κ3) is 5.82. The first-order valence-electron chi connectivity index (χ1n) is 9.45. The smallest absolute Gasteiger partial charge is 0.342 e. The summed E-state index contributed by atoms with van der Waals surface area (Å²) < 4.78 is 36.6. The number of halogens is 3. The number of nitrogens with one attached hydrogen (secondary N) is 2. The van der Waals surface area contributed by atoms with Crippen LogP contribution in [0.1, 0.15) is 46.1 Å². The maximum absolute atomic E-state index is 12.5. The Hall–Kier alpha value is -2.84. The summed E-state index contributed by atoms with van der Waals surface area (Å²) in [4.78, 5) is 26.1. The molecule has 1 aromatic carbocycles. The summed E-state index contributed by atoms with van der Waals surface area (Å²) in [6.45, 7) is 1.77. The van der Waals surface area contributed by atoms with Gasteiger partial charge in [-0.15, -0.1) is 0 Å². The van der Waals surface area contributed by atoms with E-state index in [1.807, 2.05) is 36.1 Å². The van der Waals surface area contributed by atoms with Gasteiger partial charge in [0.25, 0.3) is 5.91 Å². The van der Waals surface area contributed by atoms with E-state index in [9.17, 15) is 22.8 Å². The van der Waals surface area contributed by atoms with Crippen molar-refractivity contribution in [3.63, 3.8) is 0 Å². The van der Waals surface area contributed by atoms with E-state index >= 15 is 0 Å². The molecule has 2 aromatic rings. The molecule has 29 heavy (non-hydrogen) atoms. The number of piperidine rings is 1. The maximum atomic E-state index is 12.5. The monoisotopic (exact) mass is 408 g/mol. The molecular weight excluding hydrogens is 385 g/mol. The number of alkyl halides is 3. The van der Waals surface area contributed by atoms with E-state index in [0.29, 0.717) is 38.0 Å². The first kappa shape index (κ1) is 20.9. The summed E-state index contributed by atoms with van der Waals surface area (Å²) in [5.41, 5.74) is 2.73. The number of hydrogen-bond acceptors (Lipinski definition) is 3. The molecule has 1 fully saturated rings. The second kappa shape index (κ2) is 8.67. The lowest BCUT2D eigenvalue weighted by molar-refractivity contribution is -0.131. The van der Waals surface area contributed by atoms with Crippen LogP contribution in [0.15, 0.2) is 30.3 Å². The number of aryl methyl sites for hydroxylation is 1. The lowest BCUT2D eigenvalue weighted by Gasteiger charge is -2.31. The summed E-state index contributed by atoms with van der Waals surface area (Å²) in [6.07, 6.45) is -2.71. The van der Waals surface area contributed by atoms with Crippen molar-refractivity contribution in [2.75, 3.05) is 19.6 Å². The number of aromatic nitrogens is 2. The van der Waals surface area contributed by atoms with Crippen LogP contribution < -0.4 is 5.32 Å². The molecule has 2 heterocycles. The van der Waals surface area contributed by atoms with Gasteiger partial charge in [-0.25, -0.2) is 0 Å². The average molecular weight is 408 g/mol. The van der Waals surface area contributed by atoms with E-state index in [-0.39, 0.29) is 17.5 Å². The van der Waals surface area contributed by atoms with Crippen molar-refractivity contribution in [1.82, 2.24) is 20.4 Å². The minimum atomic E-state index is -4.47. The quantitative estimate of drug-likeness (QED) is 0.799. The minimum Gasteiger partial charge on any atom is -0.342 e. The lowest BCUT2D eigenvalue weighted by atomic mass is 9.93. The largest absolute Gasteiger partial charge is 0.405 e. The molecule has 0 saturated carbocycles. The Morgan fingerprint density at radius 3 is 2.62 bits per heavy atom. The fourth-order valence-electron chi connectivity index (χ4n) is 3.48. The molecule has 1 aromatic heterocycles. The van der Waals surface area contributed by atoms with Crippen LogP contribution >= 0.6 is 0 Å². The van der Waals surface area contributed by atoms with Crippen molar-refractivity contribution in [2.45, 2.75) is 38.3 Å². The number of benzene rings is 1. The second-order valence-corrected chi connectivity index (χ2v) is 7.33. The Kier molecular flexibility index (Phi) is 6.24. The molecule has 9 heteroatoms. The van der Waals surface area contributed by atoms with Crippen molar-refractivity contribution in [3.8, 4) is 0 Å². The van der Waals surface area contributed by atoms with Crippen molar-refractivity contribution >= 4 is 11.8 Å². The van der Waals surface area contributed by atoms with E-state index in [0.717, 1.165) is 11.1 Å². The van der Waals surface area contributed by atoms with Gasteiger partial charge >= 0.3 is 6.18 Å². The number of amides is 2. The fourth-order valence-corrected chi connectivity index (χ4v) is 3.48. The van der Waals surface area contributed by atoms with Gasteiger partial charge in [0.05, 0.1) is 6.42 Å². The minimum absolute atomic E-state index is 0.0674. The van der Waals surface area contributed by atoms with Crippen LogP contribution in [0.25, 0.3) is 0 Å². The zero-order valence-corrected chi connectivity index (χ0v) is 16.1. The van der Waals surface area contributed by atoms with Gasteiger partial charge < -0.3 is 10.2 Å². The Bertz CT molecular complexity index is 871. The molecule has 1 aliphatic rings. The average Bonchev–Trinajstić information content (AvgIpc) is 3.16. The van der Waals surface area contributed by atoms with Gasteiger partial charge in [-0.2, -0.15) is 18.3 Å². The van der Waals surface area contributed by atoms with Gasteiger partial charge in [0, 0.05) is 24.7 Å². The summed E-state index contributed by atoms with van der Waals surface area (Å²) in [5, 5.41) is 8.38. The highest BCUT2D eigenvalue weighted by atomic mass is 19.4. The molecule has 0 spiro atoms. The normalized spacial score (nSPS) is 15.4. The Labute approximate surface area is 166 Å². The highest BCUT2D eigenvalue weighted by molar-refractivity contribution is 5.92. The standard InChI is InChI=1S/C20H23F3N4O2/c1-13-3-2-4-14(9-13)10-18(28)27-7-5-15(6-8-27)16-11-17(26-25-16)19(29)24-12-20(21,22)23/h2-4,9,11,15H,5-8,10,12H2,1H3,(H,24,29)(H,25,26). The third-order valence-electron chi connectivity index (χ3n) is 5.01. The first-order chi connectivity index (χ1) is 13.7. The highest BCUT2D eigenvalue weighted by Gasteiger charge is 2.29. The third-order valence-corrected chi connectivity index (χ3v) is 5.01. The Balaban J connectivity index is 1.51. The fraction of sp³-hybridized carbons (Fsp3) is 0.450. The lowest BCUT2D eigenvalue weighted by Crippen LogP contribution is -2.38. The number of carbonyl (C=O) groups is 2. The number of nitrogens with zero attached hydrogens (tertiary/aromatic N) is 2. The molecule has 1 aliphatic heterocycles. The SMILES string of the molecule is Cc1cccc(CC(=O)N2CCC(c3cc(C(=O)NCC(F)(F)F)n[nH]3)CC2)c1. The molecule has 2 amide bonds. The maximum Gasteiger partial charge on any atom is 0.405 e. The number of aromatic amines is 1. The number of likely N-dealkylation sites (tertiary alicyclic amines) is 1. The van der Waals surface area contributed by atoms with Crippen molar-refractivity contribution in [3.05, 3.63) is 52.8 Å². The molecule has 0 atom stereocenters. The van der Waals surface area contributed by atoms with Gasteiger partial charge in [-0.05, 0) is 31.4 Å². The van der Waals surface area contributed by atoms with E-state index in [1.165, 1.54) is 6.07 Å². The van der Waals surface area contributed by atoms with Crippen LogP contribution in [0.3, 0.4) is 0 Å². The Morgan fingerprint density at radius 1 is 1.24 bits per heavy atom. The first-order valence-corrected chi connectivity index (χ1v) is 9.45. The molecule has 0 aliphatic carbocycles. The van der Waals surface area contributed by atoms with E-state index in [1.54, 1.807) is 5.32 Å². The number of H-pyrrole nitrogens is 1. The summed E-state index contributed by atoms with van der Waals surface area (Å²) in [5.74, 6) is -0.712. The van der Waals surface area contributed by atoms with Gasteiger partial charge in [0.2, 0.25) is 5.91 Å². The van der Waals surface area contributed by atoms with Gasteiger partial charge in [0.1, 0.15) is 12.2 Å². The molecule has 3 rings (SSSR count). The highest BCUT2D eigenvalue weighted by Crippen LogP contribution is 2.27. The van der Waals surface area contributed by atoms with Crippen LogP contribution in [0.2, 0.25) is 0 Å². The van der Waals surface area contributed by atoms with Gasteiger partial charge in [-0.3, -0.25) is 14.7 Å². The molecular formula is C20H23F3N4O2. The van der Waals surface area contributed by atoms with Crippen LogP contribution in [0, 0.1) is 6.92 Å². The predicted octanol–water partition coefficient (Wildman–Crippen LogP) is 2.96. The number of carbonyl (C=O) groups excluding carboxylic acids is 2. The van der Waals surface area contributed by atoms with Crippen molar-refractivity contribution < 1.29 is 22.8 Å². The van der Waals surface area contributed by atoms with Gasteiger partial charge in [-0.1, -0.05) is 29.8 Å². The molecule has 0 bridgehead atoms. The van der Waals surface area contributed by atoms with Crippen LogP contribution in [-0.4, -0.2) is 52.7 Å². The zero-order chi connectivity index (χ0) is 21.0. The number of hydrogen-bond donors (Lipinski definition) is 2. The molecule has 0 radical (unpaired) electrons. The zero-order valence-electron chi connectivity index (χ0n) is 16.1. The van der Waals surface area contributed by atoms with Gasteiger partial charge in [0.15, 0.2) is 0 Å². The molecule has 1 saturated heterocycles. The molecule has 6 nitrogen and oxygen atoms in total. The number of rotatable bonds is 5.